The van der Waals surface area contributed by atoms with Crippen molar-refractivity contribution in [2.45, 2.75) is 26.4 Å². The molecule has 0 saturated heterocycles. The van der Waals surface area contributed by atoms with Crippen molar-refractivity contribution < 1.29 is 17.9 Å². The van der Waals surface area contributed by atoms with Crippen molar-refractivity contribution in [2.24, 2.45) is 0 Å². The maximum atomic E-state index is 11.3. The predicted octanol–water partition coefficient (Wildman–Crippen LogP) is 0.219. The molecule has 0 aliphatic carbocycles. The molecule has 0 spiro atoms. The monoisotopic (exact) mass is 223 g/mol. The molecule has 0 aromatic heterocycles. The number of rotatable bonds is 3. The first kappa shape index (κ1) is 13.4. The lowest BCUT2D eigenvalue weighted by Gasteiger charge is -2.21. The molecule has 0 unspecified atom stereocenters. The van der Waals surface area contributed by atoms with Crippen LogP contribution in [0.5, 0.6) is 0 Å². The van der Waals surface area contributed by atoms with Crippen molar-refractivity contribution in [1.29, 1.82) is 0 Å². The van der Waals surface area contributed by atoms with E-state index in [0.29, 0.717) is 4.31 Å². The zero-order chi connectivity index (χ0) is 11.6. The average molecular weight is 223 g/mol. The van der Waals surface area contributed by atoms with Crippen LogP contribution in [0.4, 0.5) is 0 Å². The highest BCUT2D eigenvalue weighted by molar-refractivity contribution is 7.88. The second-order valence-electron chi connectivity index (χ2n) is 4.03. The fourth-order valence-electron chi connectivity index (χ4n) is 0.554. The third-order valence-corrected chi connectivity index (χ3v) is 2.68. The Morgan fingerprint density at radius 3 is 2.07 bits per heavy atom. The number of hydrogen-bond donors (Lipinski definition) is 0. The lowest BCUT2D eigenvalue weighted by atomic mass is 10.2. The van der Waals surface area contributed by atoms with Crippen LogP contribution in [0.1, 0.15) is 20.8 Å². The summed E-state index contributed by atoms with van der Waals surface area (Å²) >= 11 is 0. The van der Waals surface area contributed by atoms with Crippen molar-refractivity contribution >= 4 is 15.9 Å². The number of hydrogen-bond acceptors (Lipinski definition) is 4. The summed E-state index contributed by atoms with van der Waals surface area (Å²) in [6, 6.07) is 0. The first-order chi connectivity index (χ1) is 6.04. The van der Waals surface area contributed by atoms with Crippen LogP contribution in [-0.4, -0.2) is 44.1 Å². The minimum Gasteiger partial charge on any atom is -0.366 e. The first-order valence-electron chi connectivity index (χ1n) is 4.15. The van der Waals surface area contributed by atoms with Gasteiger partial charge in [0.1, 0.15) is 6.61 Å². The quantitative estimate of drug-likeness (QED) is 0.686. The van der Waals surface area contributed by atoms with E-state index in [0.717, 1.165) is 6.26 Å². The van der Waals surface area contributed by atoms with Crippen molar-refractivity contribution in [3.63, 3.8) is 0 Å². The highest BCUT2D eigenvalue weighted by Crippen LogP contribution is 2.07. The lowest BCUT2D eigenvalue weighted by Crippen LogP contribution is -2.37. The minimum absolute atomic E-state index is 0.229. The minimum atomic E-state index is -3.47. The number of sulfonamides is 1. The highest BCUT2D eigenvalue weighted by Gasteiger charge is 2.20. The number of likely N-dealkylation sites (N-methyl/N-ethyl adjacent to an activating group) is 1. The SMILES string of the molecule is CN(C(=O)COC(C)(C)C)S(C)(=O)=O. The highest BCUT2D eigenvalue weighted by atomic mass is 32.2. The van der Waals surface area contributed by atoms with E-state index in [1.165, 1.54) is 7.05 Å². The Morgan fingerprint density at radius 2 is 1.79 bits per heavy atom. The molecule has 0 bridgehead atoms. The molecule has 0 aliphatic heterocycles. The molecule has 0 rings (SSSR count). The van der Waals surface area contributed by atoms with E-state index in [2.05, 4.69) is 0 Å². The van der Waals surface area contributed by atoms with E-state index in [-0.39, 0.29) is 6.61 Å². The smallest absolute Gasteiger partial charge is 0.261 e. The van der Waals surface area contributed by atoms with Gasteiger partial charge in [0.2, 0.25) is 10.0 Å². The first-order valence-corrected chi connectivity index (χ1v) is 5.99. The summed E-state index contributed by atoms with van der Waals surface area (Å²) in [4.78, 5) is 11.3. The van der Waals surface area contributed by atoms with Crippen molar-refractivity contribution in [2.75, 3.05) is 19.9 Å². The van der Waals surface area contributed by atoms with Gasteiger partial charge in [0, 0.05) is 7.05 Å². The second kappa shape index (κ2) is 4.27. The van der Waals surface area contributed by atoms with Crippen LogP contribution in [0.15, 0.2) is 0 Å². The van der Waals surface area contributed by atoms with Crippen LogP contribution in [0.25, 0.3) is 0 Å². The Hall–Kier alpha value is -0.620. The Labute approximate surface area is 85.1 Å². The second-order valence-corrected chi connectivity index (χ2v) is 6.04. The van der Waals surface area contributed by atoms with Gasteiger partial charge in [0.15, 0.2) is 0 Å². The Balaban J connectivity index is 4.25. The van der Waals surface area contributed by atoms with Gasteiger partial charge in [-0.25, -0.2) is 12.7 Å². The summed E-state index contributed by atoms with van der Waals surface area (Å²) in [6.07, 6.45) is 0.974. The summed E-state index contributed by atoms with van der Waals surface area (Å²) in [7, 11) is -2.25. The molecular weight excluding hydrogens is 206 g/mol. The van der Waals surface area contributed by atoms with E-state index in [1.54, 1.807) is 20.8 Å². The Kier molecular flexibility index (Phi) is 4.08. The molecular formula is C8H17NO4S. The molecule has 0 heterocycles. The maximum absolute atomic E-state index is 11.3. The predicted molar refractivity (Wildman–Crippen MR) is 53.3 cm³/mol. The topological polar surface area (TPSA) is 63.7 Å². The summed E-state index contributed by atoms with van der Waals surface area (Å²) in [5, 5.41) is 0. The van der Waals surface area contributed by atoms with Crippen molar-refractivity contribution in [3.05, 3.63) is 0 Å². The molecule has 5 nitrogen and oxygen atoms in total. The van der Waals surface area contributed by atoms with Crippen LogP contribution in [0.2, 0.25) is 0 Å². The van der Waals surface area contributed by atoms with E-state index in [9.17, 15) is 13.2 Å². The van der Waals surface area contributed by atoms with Gasteiger partial charge >= 0.3 is 0 Å². The third kappa shape index (κ3) is 5.18. The molecule has 0 fully saturated rings. The van der Waals surface area contributed by atoms with E-state index < -0.39 is 21.5 Å². The van der Waals surface area contributed by atoms with Crippen LogP contribution in [-0.2, 0) is 19.6 Å². The standard InChI is InChI=1S/C8H17NO4S/c1-8(2,3)13-6-7(10)9(4)14(5,11)12/h6H2,1-5H3. The van der Waals surface area contributed by atoms with E-state index in [4.69, 9.17) is 4.74 Å². The van der Waals surface area contributed by atoms with Gasteiger partial charge in [-0.05, 0) is 20.8 Å². The average Bonchev–Trinajstić information content (AvgIpc) is 1.95. The molecule has 0 aromatic carbocycles. The fraction of sp³-hybridized carbons (Fsp3) is 0.875. The maximum Gasteiger partial charge on any atom is 0.261 e. The zero-order valence-corrected chi connectivity index (χ0v) is 10.0. The number of carbonyl (C=O) groups excluding carboxylic acids is 1. The van der Waals surface area contributed by atoms with Gasteiger partial charge in [-0.15, -0.1) is 0 Å². The molecule has 0 atom stereocenters. The molecule has 84 valence electrons. The van der Waals surface area contributed by atoms with Gasteiger partial charge in [-0.3, -0.25) is 4.79 Å². The fourth-order valence-corrected chi connectivity index (χ4v) is 0.977. The lowest BCUT2D eigenvalue weighted by molar-refractivity contribution is -0.135. The summed E-state index contributed by atoms with van der Waals surface area (Å²) < 4.78 is 27.7. The van der Waals surface area contributed by atoms with Crippen molar-refractivity contribution in [3.8, 4) is 0 Å². The largest absolute Gasteiger partial charge is 0.366 e. The number of amides is 1. The van der Waals surface area contributed by atoms with Crippen molar-refractivity contribution in [1.82, 2.24) is 4.31 Å². The van der Waals surface area contributed by atoms with Gasteiger partial charge < -0.3 is 4.74 Å². The number of ether oxygens (including phenoxy) is 1. The molecule has 0 N–H and O–H groups in total. The molecule has 6 heteroatoms. The number of carbonyl (C=O) groups is 1. The molecule has 0 aliphatic rings. The Morgan fingerprint density at radius 1 is 1.36 bits per heavy atom. The third-order valence-electron chi connectivity index (χ3n) is 1.48. The summed E-state index contributed by atoms with van der Waals surface area (Å²) in [5.74, 6) is -0.567. The molecule has 1 amide bonds. The van der Waals surface area contributed by atoms with E-state index in [1.807, 2.05) is 0 Å². The molecule has 14 heavy (non-hydrogen) atoms. The van der Waals surface area contributed by atoms with Crippen LogP contribution < -0.4 is 0 Å². The zero-order valence-electron chi connectivity index (χ0n) is 9.20. The van der Waals surface area contributed by atoms with Gasteiger partial charge in [-0.1, -0.05) is 0 Å². The van der Waals surface area contributed by atoms with E-state index >= 15 is 0 Å². The normalized spacial score (nSPS) is 12.6. The molecule has 0 aromatic rings. The molecule has 0 saturated carbocycles. The summed E-state index contributed by atoms with van der Waals surface area (Å²) in [5.41, 5.74) is -0.450. The number of nitrogens with zero attached hydrogens (tertiary/aromatic N) is 1. The van der Waals surface area contributed by atoms with Gasteiger partial charge in [0.25, 0.3) is 5.91 Å². The van der Waals surface area contributed by atoms with Crippen LogP contribution in [0.3, 0.4) is 0 Å². The Bertz CT molecular complexity index is 302. The van der Waals surface area contributed by atoms with Gasteiger partial charge in [-0.2, -0.15) is 0 Å². The summed E-state index contributed by atoms with van der Waals surface area (Å²) in [6.45, 7) is 5.15. The van der Waals surface area contributed by atoms with Gasteiger partial charge in [0.05, 0.1) is 11.9 Å². The molecule has 0 radical (unpaired) electrons. The van der Waals surface area contributed by atoms with Crippen LogP contribution in [0, 0.1) is 0 Å². The van der Waals surface area contributed by atoms with Crippen LogP contribution >= 0.6 is 0 Å².